The third-order valence-corrected chi connectivity index (χ3v) is 8.54. The Hall–Kier alpha value is -3.18. The number of aryl methyl sites for hydroxylation is 1. The zero-order valence-electron chi connectivity index (χ0n) is 21.4. The molecule has 7 rings (SSSR count). The molecule has 0 amide bonds. The summed E-state index contributed by atoms with van der Waals surface area (Å²) < 4.78 is 0. The fraction of sp³-hybridized carbons (Fsp3) is 0.0857. The van der Waals surface area contributed by atoms with Crippen LogP contribution in [0.3, 0.4) is 0 Å². The molecule has 6 aromatic rings. The Morgan fingerprint density at radius 2 is 1.30 bits per heavy atom. The van der Waals surface area contributed by atoms with E-state index in [2.05, 4.69) is 135 Å². The van der Waals surface area contributed by atoms with Crippen molar-refractivity contribution < 1.29 is 0 Å². The molecule has 0 unspecified atom stereocenters. The smallest absolute Gasteiger partial charge is 0.165 e. The van der Waals surface area contributed by atoms with Gasteiger partial charge in [-0.2, -0.15) is 6.07 Å². The van der Waals surface area contributed by atoms with E-state index < -0.39 is 0 Å². The second kappa shape index (κ2) is 11.1. The van der Waals surface area contributed by atoms with Crippen molar-refractivity contribution in [2.75, 3.05) is 0 Å². The first-order chi connectivity index (χ1) is 17.7. The molecule has 0 spiro atoms. The molecule has 2 heteroatoms. The van der Waals surface area contributed by atoms with Crippen LogP contribution in [0.2, 0.25) is 0 Å². The van der Waals surface area contributed by atoms with Crippen molar-refractivity contribution in [3.8, 4) is 0 Å². The Balaban J connectivity index is 0.000000161. The molecule has 0 fully saturated rings. The van der Waals surface area contributed by atoms with Gasteiger partial charge in [0.25, 0.3) is 0 Å². The van der Waals surface area contributed by atoms with E-state index >= 15 is 0 Å². The van der Waals surface area contributed by atoms with Gasteiger partial charge in [0.2, 0.25) is 0 Å². The van der Waals surface area contributed by atoms with Crippen molar-refractivity contribution in [1.82, 2.24) is 0 Å². The van der Waals surface area contributed by atoms with Gasteiger partial charge >= 0.3 is 23.1 Å². The summed E-state index contributed by atoms with van der Waals surface area (Å²) >= 11 is 0. The van der Waals surface area contributed by atoms with Crippen LogP contribution < -0.4 is 0 Å². The van der Waals surface area contributed by atoms with Gasteiger partial charge in [-0.05, 0) is 20.7 Å². The molecule has 0 nitrogen and oxygen atoms in total. The molecule has 0 heterocycles. The van der Waals surface area contributed by atoms with Gasteiger partial charge in [0.05, 0.1) is 0 Å². The predicted octanol–water partition coefficient (Wildman–Crippen LogP) is 8.02. The zero-order chi connectivity index (χ0) is 24.5. The first-order valence-electron chi connectivity index (χ1n) is 12.5. The van der Waals surface area contributed by atoms with Crippen LogP contribution in [0.4, 0.5) is 0 Å². The topological polar surface area (TPSA) is 0 Å². The van der Waals surface area contributed by atoms with E-state index in [9.17, 15) is 0 Å². The summed E-state index contributed by atoms with van der Waals surface area (Å²) in [7, 11) is 0.799. The van der Waals surface area contributed by atoms with Gasteiger partial charge in [0.1, 0.15) is 0 Å². The molecule has 0 aromatic heterocycles. The summed E-state index contributed by atoms with van der Waals surface area (Å²) in [5.41, 5.74) is 6.73. The first-order valence-corrected chi connectivity index (χ1v) is 13.7. The molecule has 37 heavy (non-hydrogen) atoms. The van der Waals surface area contributed by atoms with Crippen molar-refractivity contribution in [2.24, 2.45) is 0 Å². The second-order valence-electron chi connectivity index (χ2n) is 9.50. The Morgan fingerprint density at radius 3 is 2.08 bits per heavy atom. The maximum absolute atomic E-state index is 3.61. The quantitative estimate of drug-likeness (QED) is 0.167. The van der Waals surface area contributed by atoms with Crippen LogP contribution in [0.1, 0.15) is 29.2 Å². The van der Waals surface area contributed by atoms with Gasteiger partial charge in [0, 0.05) is 0 Å². The second-order valence-corrected chi connectivity index (χ2v) is 10.7. The standard InChI is InChI=1S/C21H16Si.C14H11.Mg/c1-15-13-20-18-10-6-5-9-17(18)11-12-19(20)21(15)22-14-16-7-3-2-4-8-16;1-10-8-12-7-6-11-4-2-3-5-13(11)14(12)9-10;/h2-12H,14H2,1H3;2-9H,1H3;/q2*-1;+2. The molecule has 0 atom stereocenters. The molecule has 0 saturated heterocycles. The molecule has 6 aromatic carbocycles. The summed E-state index contributed by atoms with van der Waals surface area (Å²) in [6.07, 6.45) is 3.61. The third-order valence-electron chi connectivity index (χ3n) is 6.96. The van der Waals surface area contributed by atoms with E-state index in [1.54, 1.807) is 0 Å². The summed E-state index contributed by atoms with van der Waals surface area (Å²) in [4.78, 5) is 0. The summed E-state index contributed by atoms with van der Waals surface area (Å²) in [5, 5.41) is 9.50. The maximum atomic E-state index is 3.61. The first kappa shape index (κ1) is 25.5. The molecule has 173 valence electrons. The number of allylic oxidation sites excluding steroid dienone is 1. The monoisotopic (exact) mass is 499 g/mol. The predicted molar refractivity (Wildman–Crippen MR) is 163 cm³/mol. The van der Waals surface area contributed by atoms with Crippen molar-refractivity contribution >= 4 is 69.7 Å². The van der Waals surface area contributed by atoms with Crippen LogP contribution in [0.15, 0.2) is 121 Å². The molecule has 0 saturated carbocycles. The Labute approximate surface area is 237 Å². The minimum absolute atomic E-state index is 0. The summed E-state index contributed by atoms with van der Waals surface area (Å²) in [6.45, 7) is 4.34. The molecule has 1 radical (unpaired) electrons. The third kappa shape index (κ3) is 5.15. The Morgan fingerprint density at radius 1 is 0.676 bits per heavy atom. The van der Waals surface area contributed by atoms with Crippen LogP contribution in [-0.4, -0.2) is 37.4 Å². The number of fused-ring (bicyclic) bond motifs is 6. The van der Waals surface area contributed by atoms with Gasteiger partial charge in [-0.15, -0.1) is 62.5 Å². The van der Waals surface area contributed by atoms with Crippen LogP contribution in [0.25, 0.3) is 32.3 Å². The fourth-order valence-electron chi connectivity index (χ4n) is 5.19. The number of hydrogen-bond donors (Lipinski definition) is 0. The van der Waals surface area contributed by atoms with E-state index in [1.807, 2.05) is 0 Å². The van der Waals surface area contributed by atoms with Crippen molar-refractivity contribution in [2.45, 2.75) is 19.9 Å². The Bertz CT molecular complexity index is 1770. The van der Waals surface area contributed by atoms with Gasteiger partial charge in [-0.3, -0.25) is 0 Å². The average Bonchev–Trinajstić information content (AvgIpc) is 3.47. The van der Waals surface area contributed by atoms with E-state index in [-0.39, 0.29) is 23.1 Å². The number of benzene rings is 5. The molecule has 1 aliphatic carbocycles. The molecule has 0 N–H and O–H groups in total. The van der Waals surface area contributed by atoms with Crippen LogP contribution in [-0.2, 0) is 6.04 Å². The summed E-state index contributed by atoms with van der Waals surface area (Å²) in [5.74, 6) is 0. The van der Waals surface area contributed by atoms with Crippen molar-refractivity contribution in [3.05, 3.63) is 149 Å². The number of hydrogen-bond acceptors (Lipinski definition) is 0. The SMILES string of the molecule is CC1=[C-]c2c(ccc3ccccc23)C1=[Si]Cc1ccccc1.Cc1cc2ccc3ccccc3c2[cH-]1.[Mg+2]. The largest absolute Gasteiger partial charge is 2.00 e. The normalized spacial score (nSPS) is 13.2. The molecule has 0 aliphatic heterocycles. The van der Waals surface area contributed by atoms with E-state index in [0.29, 0.717) is 0 Å². The molecule has 0 bridgehead atoms. The minimum Gasteiger partial charge on any atom is -0.165 e. The Kier molecular flexibility index (Phi) is 7.61. The molecule has 1 aliphatic rings. The van der Waals surface area contributed by atoms with Crippen molar-refractivity contribution in [1.29, 1.82) is 0 Å². The number of rotatable bonds is 2. The van der Waals surface area contributed by atoms with Gasteiger partial charge in [0.15, 0.2) is 0 Å². The van der Waals surface area contributed by atoms with Crippen molar-refractivity contribution in [3.63, 3.8) is 0 Å². The van der Waals surface area contributed by atoms with Crippen LogP contribution in [0, 0.1) is 13.0 Å². The van der Waals surface area contributed by atoms with Crippen LogP contribution in [0.5, 0.6) is 0 Å². The average molecular weight is 500 g/mol. The van der Waals surface area contributed by atoms with Gasteiger partial charge in [-0.25, -0.2) is 0 Å². The molecular formula is C35H27MgSi. The maximum Gasteiger partial charge on any atom is 2.00 e. The zero-order valence-corrected chi connectivity index (χ0v) is 23.8. The van der Waals surface area contributed by atoms with Gasteiger partial charge in [-0.1, -0.05) is 126 Å². The molecular weight excluding hydrogens is 473 g/mol. The summed E-state index contributed by atoms with van der Waals surface area (Å²) in [6, 6.07) is 42.4. The van der Waals surface area contributed by atoms with Crippen LogP contribution >= 0.6 is 0 Å². The van der Waals surface area contributed by atoms with E-state index in [1.165, 1.54) is 65.3 Å². The van der Waals surface area contributed by atoms with Gasteiger partial charge < -0.3 is 0 Å². The fourth-order valence-corrected chi connectivity index (χ4v) is 6.54. The van der Waals surface area contributed by atoms with E-state index in [4.69, 9.17) is 0 Å². The minimum atomic E-state index is 0. The van der Waals surface area contributed by atoms with E-state index in [0.717, 1.165) is 15.2 Å².